The third-order valence-electron chi connectivity index (χ3n) is 2.64. The van der Waals surface area contributed by atoms with E-state index < -0.39 is 5.69 Å². The van der Waals surface area contributed by atoms with Crippen LogP contribution < -0.4 is 11.0 Å². The van der Waals surface area contributed by atoms with Crippen LogP contribution in [0.3, 0.4) is 0 Å². The molecule has 7 nitrogen and oxygen atoms in total. The Bertz CT molecular complexity index is 628. The number of aromatic amines is 2. The van der Waals surface area contributed by atoms with E-state index in [1.54, 1.807) is 11.3 Å². The Hall–Kier alpha value is -1.96. The fourth-order valence-electron chi connectivity index (χ4n) is 1.64. The minimum atomic E-state index is -0.406. The average Bonchev–Trinajstić information content (AvgIpc) is 2.99. The highest BCUT2D eigenvalue weighted by Gasteiger charge is 2.08. The van der Waals surface area contributed by atoms with Crippen LogP contribution in [-0.4, -0.2) is 32.6 Å². The topological polar surface area (TPSA) is 104 Å². The van der Waals surface area contributed by atoms with Gasteiger partial charge in [-0.05, 0) is 0 Å². The Balaban J connectivity index is 1.74. The van der Waals surface area contributed by atoms with E-state index in [4.69, 9.17) is 0 Å². The van der Waals surface area contributed by atoms with Crippen LogP contribution in [0.2, 0.25) is 0 Å². The first kappa shape index (κ1) is 14.4. The van der Waals surface area contributed by atoms with Crippen molar-refractivity contribution in [3.8, 4) is 0 Å². The van der Waals surface area contributed by atoms with Gasteiger partial charge in [-0.25, -0.2) is 14.9 Å². The molecule has 0 aliphatic rings. The first-order chi connectivity index (χ1) is 9.54. The summed E-state index contributed by atoms with van der Waals surface area (Å²) in [5.41, 5.74) is 0.587. The van der Waals surface area contributed by atoms with Crippen LogP contribution in [0, 0.1) is 0 Å². The maximum absolute atomic E-state index is 11.6. The lowest BCUT2D eigenvalue weighted by atomic mass is 10.2. The maximum Gasteiger partial charge on any atom is 0.340 e. The van der Waals surface area contributed by atoms with Crippen LogP contribution >= 0.6 is 11.3 Å². The smallest absolute Gasteiger partial charge is 0.340 e. The van der Waals surface area contributed by atoms with Gasteiger partial charge in [-0.2, -0.15) is 5.10 Å². The highest BCUT2D eigenvalue weighted by atomic mass is 32.1. The quantitative estimate of drug-likeness (QED) is 0.725. The molecule has 0 bridgehead atoms. The summed E-state index contributed by atoms with van der Waals surface area (Å²) in [5.74, 6) is 0.593. The van der Waals surface area contributed by atoms with Gasteiger partial charge in [0.1, 0.15) is 5.82 Å². The molecule has 0 aliphatic heterocycles. The summed E-state index contributed by atoms with van der Waals surface area (Å²) in [6.45, 7) is 4.73. The summed E-state index contributed by atoms with van der Waals surface area (Å²) in [6.07, 6.45) is 0.763. The Kier molecular flexibility index (Phi) is 4.67. The highest BCUT2D eigenvalue weighted by Crippen LogP contribution is 2.19. The van der Waals surface area contributed by atoms with Gasteiger partial charge >= 0.3 is 5.69 Å². The van der Waals surface area contributed by atoms with Gasteiger partial charge in [0.15, 0.2) is 0 Å². The first-order valence-corrected chi connectivity index (χ1v) is 7.27. The number of nitrogens with zero attached hydrogens (tertiary/aromatic N) is 2. The first-order valence-electron chi connectivity index (χ1n) is 6.39. The van der Waals surface area contributed by atoms with Crippen molar-refractivity contribution in [1.82, 2.24) is 25.5 Å². The van der Waals surface area contributed by atoms with E-state index >= 15 is 0 Å². The number of carbonyl (C=O) groups excluding carboxylic acids is 1. The Labute approximate surface area is 119 Å². The second kappa shape index (κ2) is 6.47. The SMILES string of the molecule is CC(C)c1nc(CCNC(=O)Cc2n[nH]c(=O)[nH]2)cs1. The molecule has 20 heavy (non-hydrogen) atoms. The molecule has 0 saturated heterocycles. The second-order valence-electron chi connectivity index (χ2n) is 4.73. The molecule has 8 heteroatoms. The molecular formula is C12H17N5O2S. The van der Waals surface area contributed by atoms with Gasteiger partial charge in [-0.3, -0.25) is 9.78 Å². The van der Waals surface area contributed by atoms with E-state index in [1.807, 2.05) is 5.38 Å². The van der Waals surface area contributed by atoms with Gasteiger partial charge in [0.05, 0.1) is 17.1 Å². The van der Waals surface area contributed by atoms with Crippen LogP contribution in [0.5, 0.6) is 0 Å². The number of rotatable bonds is 6. The predicted molar refractivity (Wildman–Crippen MR) is 75.8 cm³/mol. The van der Waals surface area contributed by atoms with Gasteiger partial charge in [-0.1, -0.05) is 13.8 Å². The third kappa shape index (κ3) is 4.02. The molecule has 2 aromatic heterocycles. The van der Waals surface area contributed by atoms with E-state index in [0.717, 1.165) is 10.7 Å². The molecule has 0 saturated carbocycles. The summed E-state index contributed by atoms with van der Waals surface area (Å²) >= 11 is 1.64. The molecule has 0 fully saturated rings. The molecule has 2 aromatic rings. The van der Waals surface area contributed by atoms with Crippen molar-refractivity contribution in [2.75, 3.05) is 6.54 Å². The lowest BCUT2D eigenvalue weighted by Crippen LogP contribution is -2.27. The van der Waals surface area contributed by atoms with E-state index in [9.17, 15) is 9.59 Å². The Morgan fingerprint density at radius 3 is 2.90 bits per heavy atom. The number of hydrogen-bond acceptors (Lipinski definition) is 5. The molecule has 2 rings (SSSR count). The molecule has 0 spiro atoms. The molecule has 2 heterocycles. The summed E-state index contributed by atoms with van der Waals surface area (Å²) in [4.78, 5) is 29.4. The van der Waals surface area contributed by atoms with E-state index in [1.165, 1.54) is 0 Å². The molecule has 0 aliphatic carbocycles. The van der Waals surface area contributed by atoms with Gasteiger partial charge in [-0.15, -0.1) is 11.3 Å². The van der Waals surface area contributed by atoms with Crippen molar-refractivity contribution in [3.05, 3.63) is 32.4 Å². The second-order valence-corrected chi connectivity index (χ2v) is 5.62. The van der Waals surface area contributed by atoms with Crippen LogP contribution in [0.4, 0.5) is 0 Å². The van der Waals surface area contributed by atoms with Gasteiger partial charge in [0.2, 0.25) is 5.91 Å². The minimum Gasteiger partial charge on any atom is -0.355 e. The molecule has 0 atom stereocenters. The van der Waals surface area contributed by atoms with Crippen molar-refractivity contribution < 1.29 is 4.79 Å². The zero-order chi connectivity index (χ0) is 14.5. The highest BCUT2D eigenvalue weighted by molar-refractivity contribution is 7.09. The van der Waals surface area contributed by atoms with E-state index in [-0.39, 0.29) is 12.3 Å². The van der Waals surface area contributed by atoms with Crippen LogP contribution in [-0.2, 0) is 17.6 Å². The molecular weight excluding hydrogens is 278 g/mol. The number of thiazole rings is 1. The largest absolute Gasteiger partial charge is 0.355 e. The van der Waals surface area contributed by atoms with Crippen molar-refractivity contribution in [2.24, 2.45) is 0 Å². The predicted octanol–water partition coefficient (Wildman–Crippen LogP) is 0.579. The number of nitrogens with one attached hydrogen (secondary N) is 3. The summed E-state index contributed by atoms with van der Waals surface area (Å²) in [6, 6.07) is 0. The summed E-state index contributed by atoms with van der Waals surface area (Å²) in [5, 5.41) is 11.8. The standard InChI is InChI=1S/C12H17N5O2S/c1-7(2)11-14-8(6-20-11)3-4-13-10(18)5-9-15-12(19)17-16-9/h6-7H,3-5H2,1-2H3,(H,13,18)(H2,15,16,17,19). The normalized spacial score (nSPS) is 10.9. The van der Waals surface area contributed by atoms with E-state index in [0.29, 0.717) is 24.7 Å². The van der Waals surface area contributed by atoms with Gasteiger partial charge in [0, 0.05) is 24.3 Å². The number of hydrogen-bond donors (Lipinski definition) is 3. The van der Waals surface area contributed by atoms with Gasteiger partial charge in [0.25, 0.3) is 0 Å². The molecule has 108 valence electrons. The Morgan fingerprint density at radius 1 is 1.50 bits per heavy atom. The molecule has 0 radical (unpaired) electrons. The van der Waals surface area contributed by atoms with Crippen molar-refractivity contribution in [2.45, 2.75) is 32.6 Å². The minimum absolute atomic E-state index is 0.0625. The van der Waals surface area contributed by atoms with Crippen LogP contribution in [0.1, 0.15) is 36.3 Å². The van der Waals surface area contributed by atoms with Crippen molar-refractivity contribution in [1.29, 1.82) is 0 Å². The van der Waals surface area contributed by atoms with E-state index in [2.05, 4.69) is 39.3 Å². The van der Waals surface area contributed by atoms with Crippen LogP contribution in [0.25, 0.3) is 0 Å². The molecule has 0 unspecified atom stereocenters. The third-order valence-corrected chi connectivity index (χ3v) is 3.84. The Morgan fingerprint density at radius 2 is 2.30 bits per heavy atom. The lowest BCUT2D eigenvalue weighted by molar-refractivity contribution is -0.120. The summed E-state index contributed by atoms with van der Waals surface area (Å²) in [7, 11) is 0. The fourth-order valence-corrected chi connectivity index (χ4v) is 2.51. The van der Waals surface area contributed by atoms with Crippen molar-refractivity contribution >= 4 is 17.2 Å². The number of carbonyl (C=O) groups is 1. The molecule has 3 N–H and O–H groups in total. The fraction of sp³-hybridized carbons (Fsp3) is 0.500. The number of aromatic nitrogens is 4. The zero-order valence-electron chi connectivity index (χ0n) is 11.4. The zero-order valence-corrected chi connectivity index (χ0v) is 12.2. The maximum atomic E-state index is 11.6. The average molecular weight is 295 g/mol. The monoisotopic (exact) mass is 295 g/mol. The lowest BCUT2D eigenvalue weighted by Gasteiger charge is -2.02. The van der Waals surface area contributed by atoms with Gasteiger partial charge < -0.3 is 5.32 Å². The number of H-pyrrole nitrogens is 2. The number of amides is 1. The van der Waals surface area contributed by atoms with Crippen LogP contribution in [0.15, 0.2) is 10.2 Å². The molecule has 1 amide bonds. The summed E-state index contributed by atoms with van der Waals surface area (Å²) < 4.78 is 0. The molecule has 0 aromatic carbocycles. The van der Waals surface area contributed by atoms with Crippen molar-refractivity contribution in [3.63, 3.8) is 0 Å².